The van der Waals surface area contributed by atoms with E-state index in [1.807, 2.05) is 38.1 Å². The van der Waals surface area contributed by atoms with Crippen molar-refractivity contribution in [2.24, 2.45) is 0 Å². The van der Waals surface area contributed by atoms with Crippen LogP contribution < -0.4 is 4.74 Å². The molecule has 18 heavy (non-hydrogen) atoms. The van der Waals surface area contributed by atoms with Crippen LogP contribution in [-0.2, 0) is 4.74 Å². The van der Waals surface area contributed by atoms with Gasteiger partial charge in [-0.1, -0.05) is 19.1 Å². The predicted molar refractivity (Wildman–Crippen MR) is 70.1 cm³/mol. The largest absolute Gasteiger partial charge is 0.493 e. The fraction of sp³-hybridized carbons (Fsp3) is 0.533. The highest BCUT2D eigenvalue weighted by Crippen LogP contribution is 2.26. The number of Topliss-reactive ketones (excluding diaryl/α,β-unsaturated/α-hetero) is 1. The first-order chi connectivity index (χ1) is 8.72. The fourth-order valence-electron chi connectivity index (χ4n) is 2.18. The summed E-state index contributed by atoms with van der Waals surface area (Å²) in [5.41, 5.74) is 0.644. The fourth-order valence-corrected chi connectivity index (χ4v) is 2.18. The molecule has 1 aromatic rings. The van der Waals surface area contributed by atoms with E-state index in [-0.39, 0.29) is 18.0 Å². The number of carbonyl (C=O) groups excluding carboxylic acids is 1. The summed E-state index contributed by atoms with van der Waals surface area (Å²) in [5.74, 6) is 0.721. The van der Waals surface area contributed by atoms with Crippen LogP contribution in [0.25, 0.3) is 0 Å². The van der Waals surface area contributed by atoms with E-state index in [1.165, 1.54) is 0 Å². The molecule has 1 saturated heterocycles. The van der Waals surface area contributed by atoms with Crippen LogP contribution in [0, 0.1) is 0 Å². The summed E-state index contributed by atoms with van der Waals surface area (Å²) in [4.78, 5) is 12.4. The summed E-state index contributed by atoms with van der Waals surface area (Å²) in [6.07, 6.45) is 2.57. The van der Waals surface area contributed by atoms with Crippen LogP contribution in [0.1, 0.15) is 43.5 Å². The summed E-state index contributed by atoms with van der Waals surface area (Å²) in [6.45, 7) is 4.69. The van der Waals surface area contributed by atoms with Gasteiger partial charge in [-0.25, -0.2) is 0 Å². The Morgan fingerprint density at radius 2 is 2.17 bits per heavy atom. The minimum Gasteiger partial charge on any atom is -0.493 e. The van der Waals surface area contributed by atoms with Crippen LogP contribution in [0.3, 0.4) is 0 Å². The van der Waals surface area contributed by atoms with Crippen LogP contribution in [0.5, 0.6) is 5.75 Å². The van der Waals surface area contributed by atoms with Crippen molar-refractivity contribution < 1.29 is 14.3 Å². The SMILES string of the molecule is CCCOc1ccccc1C(=O)C1CCC(C)O1. The molecule has 0 saturated carbocycles. The van der Waals surface area contributed by atoms with Crippen LogP contribution in [0.15, 0.2) is 24.3 Å². The number of ether oxygens (including phenoxy) is 2. The third-order valence-electron chi connectivity index (χ3n) is 3.14. The Morgan fingerprint density at radius 1 is 1.39 bits per heavy atom. The smallest absolute Gasteiger partial charge is 0.195 e. The topological polar surface area (TPSA) is 35.5 Å². The zero-order valence-corrected chi connectivity index (χ0v) is 11.0. The van der Waals surface area contributed by atoms with E-state index >= 15 is 0 Å². The number of hydrogen-bond acceptors (Lipinski definition) is 3. The molecule has 1 aliphatic rings. The minimum atomic E-state index is -0.300. The number of rotatable bonds is 5. The molecule has 0 spiro atoms. The molecule has 2 atom stereocenters. The van der Waals surface area contributed by atoms with Gasteiger partial charge in [0, 0.05) is 0 Å². The second-order valence-electron chi connectivity index (χ2n) is 4.72. The molecule has 2 unspecified atom stereocenters. The van der Waals surface area contributed by atoms with Gasteiger partial charge in [-0.15, -0.1) is 0 Å². The first-order valence-corrected chi connectivity index (χ1v) is 6.64. The molecule has 1 fully saturated rings. The van der Waals surface area contributed by atoms with Gasteiger partial charge < -0.3 is 9.47 Å². The molecule has 0 aliphatic carbocycles. The Morgan fingerprint density at radius 3 is 2.83 bits per heavy atom. The van der Waals surface area contributed by atoms with Gasteiger partial charge in [0.05, 0.1) is 18.3 Å². The van der Waals surface area contributed by atoms with Crippen molar-refractivity contribution >= 4 is 5.78 Å². The van der Waals surface area contributed by atoms with Crippen molar-refractivity contribution in [3.05, 3.63) is 29.8 Å². The van der Waals surface area contributed by atoms with Gasteiger partial charge in [-0.3, -0.25) is 4.79 Å². The van der Waals surface area contributed by atoms with E-state index in [9.17, 15) is 4.79 Å². The first-order valence-electron chi connectivity index (χ1n) is 6.64. The molecule has 3 nitrogen and oxygen atoms in total. The zero-order chi connectivity index (χ0) is 13.0. The Bertz CT molecular complexity index is 414. The number of benzene rings is 1. The lowest BCUT2D eigenvalue weighted by molar-refractivity contribution is 0.0430. The van der Waals surface area contributed by atoms with Crippen LogP contribution >= 0.6 is 0 Å². The second-order valence-corrected chi connectivity index (χ2v) is 4.72. The van der Waals surface area contributed by atoms with Crippen molar-refractivity contribution in [3.63, 3.8) is 0 Å². The van der Waals surface area contributed by atoms with Crippen LogP contribution in [-0.4, -0.2) is 24.6 Å². The molecule has 98 valence electrons. The summed E-state index contributed by atoms with van der Waals surface area (Å²) in [6, 6.07) is 7.42. The number of para-hydroxylation sites is 1. The summed E-state index contributed by atoms with van der Waals surface area (Å²) in [7, 11) is 0. The Kier molecular flexibility index (Phi) is 4.37. The summed E-state index contributed by atoms with van der Waals surface area (Å²) in [5, 5.41) is 0. The van der Waals surface area contributed by atoms with E-state index in [0.717, 1.165) is 19.3 Å². The molecular weight excluding hydrogens is 228 g/mol. The molecule has 1 aliphatic heterocycles. The van der Waals surface area contributed by atoms with Crippen molar-refractivity contribution in [3.8, 4) is 5.75 Å². The average molecular weight is 248 g/mol. The summed E-state index contributed by atoms with van der Waals surface area (Å²) < 4.78 is 11.2. The normalized spacial score (nSPS) is 23.0. The van der Waals surface area contributed by atoms with Gasteiger partial charge >= 0.3 is 0 Å². The standard InChI is InChI=1S/C15H20O3/c1-3-10-17-13-7-5-4-6-12(13)15(16)14-9-8-11(2)18-14/h4-7,11,14H,3,8-10H2,1-2H3. The molecule has 0 aromatic heterocycles. The van der Waals surface area contributed by atoms with Crippen molar-refractivity contribution in [2.45, 2.75) is 45.3 Å². The highest BCUT2D eigenvalue weighted by Gasteiger charge is 2.30. The van der Waals surface area contributed by atoms with Gasteiger partial charge in [0.2, 0.25) is 0 Å². The Hall–Kier alpha value is -1.35. The number of hydrogen-bond donors (Lipinski definition) is 0. The third kappa shape index (κ3) is 2.91. The van der Waals surface area contributed by atoms with Gasteiger partial charge in [-0.05, 0) is 38.3 Å². The maximum atomic E-state index is 12.4. The highest BCUT2D eigenvalue weighted by molar-refractivity contribution is 6.01. The Labute approximate surface area is 108 Å². The monoisotopic (exact) mass is 248 g/mol. The zero-order valence-electron chi connectivity index (χ0n) is 11.0. The molecule has 1 heterocycles. The van der Waals surface area contributed by atoms with Crippen molar-refractivity contribution in [2.75, 3.05) is 6.61 Å². The van der Waals surface area contributed by atoms with E-state index < -0.39 is 0 Å². The highest BCUT2D eigenvalue weighted by atomic mass is 16.5. The quantitative estimate of drug-likeness (QED) is 0.750. The van der Waals surface area contributed by atoms with Crippen LogP contribution in [0.4, 0.5) is 0 Å². The molecule has 0 N–H and O–H groups in total. The van der Waals surface area contributed by atoms with Crippen molar-refractivity contribution in [1.82, 2.24) is 0 Å². The van der Waals surface area contributed by atoms with E-state index in [1.54, 1.807) is 0 Å². The molecular formula is C15H20O3. The third-order valence-corrected chi connectivity index (χ3v) is 3.14. The summed E-state index contributed by atoms with van der Waals surface area (Å²) >= 11 is 0. The lowest BCUT2D eigenvalue weighted by Crippen LogP contribution is -2.21. The Balaban J connectivity index is 2.14. The predicted octanol–water partition coefficient (Wildman–Crippen LogP) is 3.23. The second kappa shape index (κ2) is 6.01. The van der Waals surface area contributed by atoms with E-state index in [4.69, 9.17) is 9.47 Å². The number of ketones is 1. The van der Waals surface area contributed by atoms with E-state index in [2.05, 4.69) is 0 Å². The minimum absolute atomic E-state index is 0.0473. The molecule has 1 aromatic carbocycles. The van der Waals surface area contributed by atoms with Gasteiger partial charge in [-0.2, -0.15) is 0 Å². The lowest BCUT2D eigenvalue weighted by atomic mass is 10.0. The average Bonchev–Trinajstić information content (AvgIpc) is 2.82. The van der Waals surface area contributed by atoms with Gasteiger partial charge in [0.15, 0.2) is 5.78 Å². The molecule has 3 heteroatoms. The van der Waals surface area contributed by atoms with Gasteiger partial charge in [0.25, 0.3) is 0 Å². The first kappa shape index (κ1) is 13.1. The van der Waals surface area contributed by atoms with E-state index in [0.29, 0.717) is 17.9 Å². The molecule has 2 rings (SSSR count). The van der Waals surface area contributed by atoms with Gasteiger partial charge in [0.1, 0.15) is 11.9 Å². The maximum Gasteiger partial charge on any atom is 0.195 e. The maximum absolute atomic E-state index is 12.4. The van der Waals surface area contributed by atoms with Crippen molar-refractivity contribution in [1.29, 1.82) is 0 Å². The molecule has 0 amide bonds. The van der Waals surface area contributed by atoms with Crippen LogP contribution in [0.2, 0.25) is 0 Å². The number of carbonyl (C=O) groups is 1. The molecule has 0 radical (unpaired) electrons. The molecule has 0 bridgehead atoms. The lowest BCUT2D eigenvalue weighted by Gasteiger charge is -2.13.